The van der Waals surface area contributed by atoms with Gasteiger partial charge in [-0.2, -0.15) is 0 Å². The maximum Gasteiger partial charge on any atom is 0.249 e. The topological polar surface area (TPSA) is 111 Å². The van der Waals surface area contributed by atoms with Gasteiger partial charge in [0.2, 0.25) is 11.8 Å². The third-order valence-corrected chi connectivity index (χ3v) is 6.20. The van der Waals surface area contributed by atoms with Gasteiger partial charge in [-0.3, -0.25) is 15.0 Å². The lowest BCUT2D eigenvalue weighted by Crippen LogP contribution is -2.43. The zero-order valence-corrected chi connectivity index (χ0v) is 21.2. The number of carbonyl (C=O) groups is 2. The molecule has 38 heavy (non-hydrogen) atoms. The first-order chi connectivity index (χ1) is 18.4. The summed E-state index contributed by atoms with van der Waals surface area (Å²) in [7, 11) is 1.72. The number of nitrogens with one attached hydrogen (secondary N) is 3. The third-order valence-electron chi connectivity index (χ3n) is 6.20. The van der Waals surface area contributed by atoms with E-state index >= 15 is 0 Å². The van der Waals surface area contributed by atoms with Gasteiger partial charge >= 0.3 is 0 Å². The van der Waals surface area contributed by atoms with Crippen molar-refractivity contribution in [1.29, 1.82) is 5.41 Å². The van der Waals surface area contributed by atoms with Crippen molar-refractivity contribution >= 4 is 23.5 Å². The van der Waals surface area contributed by atoms with Gasteiger partial charge < -0.3 is 21.3 Å². The molecule has 0 aromatic heterocycles. The van der Waals surface area contributed by atoms with Crippen LogP contribution in [0.2, 0.25) is 0 Å². The van der Waals surface area contributed by atoms with E-state index in [1.54, 1.807) is 36.2 Å². The first-order valence-electron chi connectivity index (χ1n) is 12.3. The molecular formula is C31H31N5O2. The Morgan fingerprint density at radius 1 is 0.789 bits per heavy atom. The summed E-state index contributed by atoms with van der Waals surface area (Å²) in [5.41, 5.74) is 9.28. The van der Waals surface area contributed by atoms with E-state index in [0.717, 1.165) is 16.7 Å². The lowest BCUT2D eigenvalue weighted by atomic mass is 9.90. The van der Waals surface area contributed by atoms with Gasteiger partial charge in [-0.15, -0.1) is 0 Å². The minimum atomic E-state index is -0.958. The molecule has 0 bridgehead atoms. The Kier molecular flexibility index (Phi) is 8.51. The Morgan fingerprint density at radius 2 is 1.32 bits per heavy atom. The molecule has 0 saturated heterocycles. The summed E-state index contributed by atoms with van der Waals surface area (Å²) in [6, 6.07) is 34.8. The zero-order chi connectivity index (χ0) is 26.9. The first-order valence-corrected chi connectivity index (χ1v) is 12.3. The highest BCUT2D eigenvalue weighted by Crippen LogP contribution is 2.27. The van der Waals surface area contributed by atoms with Gasteiger partial charge in [-0.05, 0) is 34.4 Å². The second-order valence-corrected chi connectivity index (χ2v) is 9.04. The molecule has 4 aromatic rings. The highest BCUT2D eigenvalue weighted by Gasteiger charge is 2.30. The fraction of sp³-hybridized carbons (Fsp3) is 0.129. The number of carbonyl (C=O) groups excluding carboxylic acids is 2. The molecule has 2 amide bonds. The van der Waals surface area contributed by atoms with Crippen molar-refractivity contribution in [3.8, 4) is 0 Å². The number of hydrogen-bond donors (Lipinski definition) is 4. The number of benzene rings is 4. The van der Waals surface area contributed by atoms with Crippen LogP contribution in [0.1, 0.15) is 34.2 Å². The molecule has 0 aliphatic rings. The number of amides is 2. The quantitative estimate of drug-likeness (QED) is 0.196. The Morgan fingerprint density at radius 3 is 1.87 bits per heavy atom. The number of hydrogen-bond acceptors (Lipinski definition) is 3. The summed E-state index contributed by atoms with van der Waals surface area (Å²) in [5, 5.41) is 13.4. The Labute approximate surface area is 222 Å². The molecule has 0 spiro atoms. The van der Waals surface area contributed by atoms with Crippen molar-refractivity contribution in [3.05, 3.63) is 138 Å². The lowest BCUT2D eigenvalue weighted by Gasteiger charge is -2.27. The highest BCUT2D eigenvalue weighted by molar-refractivity contribution is 5.94. The standard InChI is InChI=1S/C31H31N5O2/c1-36(21-22-12-5-2-6-13-22)30(38)28(25-18-11-19-26(20-25)34-31(32)33)35-29(37)27(23-14-7-3-8-15-23)24-16-9-4-10-17-24/h2-20,27-28H,21H2,1H3,(H,35,37)(H4,32,33,34)/t28-/m1/s1. The number of guanidine groups is 1. The van der Waals surface area contributed by atoms with Gasteiger partial charge in [0.15, 0.2) is 5.96 Å². The van der Waals surface area contributed by atoms with E-state index in [-0.39, 0.29) is 17.8 Å². The van der Waals surface area contributed by atoms with E-state index in [2.05, 4.69) is 10.6 Å². The van der Waals surface area contributed by atoms with E-state index in [1.165, 1.54) is 0 Å². The summed E-state index contributed by atoms with van der Waals surface area (Å²) >= 11 is 0. The van der Waals surface area contributed by atoms with Gasteiger partial charge in [0, 0.05) is 19.3 Å². The first kappa shape index (κ1) is 26.2. The fourth-order valence-electron chi connectivity index (χ4n) is 4.41. The number of likely N-dealkylation sites (N-methyl/N-ethyl adjacent to an activating group) is 1. The second-order valence-electron chi connectivity index (χ2n) is 9.04. The van der Waals surface area contributed by atoms with Gasteiger partial charge in [0.1, 0.15) is 6.04 Å². The number of nitrogens with two attached hydrogens (primary N) is 1. The van der Waals surface area contributed by atoms with Crippen molar-refractivity contribution in [1.82, 2.24) is 10.2 Å². The third kappa shape index (κ3) is 6.64. The van der Waals surface area contributed by atoms with Gasteiger partial charge in [-0.25, -0.2) is 0 Å². The molecule has 0 saturated carbocycles. The normalized spacial score (nSPS) is 11.4. The lowest BCUT2D eigenvalue weighted by molar-refractivity contribution is -0.136. The predicted molar refractivity (Wildman–Crippen MR) is 151 cm³/mol. The molecule has 0 aliphatic carbocycles. The maximum absolute atomic E-state index is 13.9. The van der Waals surface area contributed by atoms with Crippen LogP contribution in [-0.4, -0.2) is 29.7 Å². The van der Waals surface area contributed by atoms with Crippen LogP contribution in [0.4, 0.5) is 5.69 Å². The Bertz CT molecular complexity index is 1340. The minimum absolute atomic E-state index is 0.219. The van der Waals surface area contributed by atoms with Crippen LogP contribution in [0, 0.1) is 5.41 Å². The summed E-state index contributed by atoms with van der Waals surface area (Å²) in [6.45, 7) is 0.387. The summed E-state index contributed by atoms with van der Waals surface area (Å²) in [6.07, 6.45) is 0. The van der Waals surface area contributed by atoms with Gasteiger partial charge in [-0.1, -0.05) is 103 Å². The monoisotopic (exact) mass is 505 g/mol. The van der Waals surface area contributed by atoms with Crippen molar-refractivity contribution in [2.24, 2.45) is 5.73 Å². The van der Waals surface area contributed by atoms with Crippen LogP contribution >= 0.6 is 0 Å². The van der Waals surface area contributed by atoms with Crippen LogP contribution in [0.3, 0.4) is 0 Å². The average molecular weight is 506 g/mol. The number of nitrogens with zero attached hydrogens (tertiary/aromatic N) is 1. The van der Waals surface area contributed by atoms with Crippen LogP contribution in [0.25, 0.3) is 0 Å². The molecule has 4 rings (SSSR count). The summed E-state index contributed by atoms with van der Waals surface area (Å²) in [5.74, 6) is -1.38. The molecule has 0 heterocycles. The van der Waals surface area contributed by atoms with E-state index in [9.17, 15) is 9.59 Å². The van der Waals surface area contributed by atoms with Crippen molar-refractivity contribution < 1.29 is 9.59 Å². The zero-order valence-electron chi connectivity index (χ0n) is 21.2. The van der Waals surface area contributed by atoms with Crippen LogP contribution in [0.15, 0.2) is 115 Å². The molecule has 0 fully saturated rings. The van der Waals surface area contributed by atoms with E-state index in [4.69, 9.17) is 11.1 Å². The van der Waals surface area contributed by atoms with Crippen LogP contribution in [0.5, 0.6) is 0 Å². The molecular weight excluding hydrogens is 474 g/mol. The smallest absolute Gasteiger partial charge is 0.249 e. The van der Waals surface area contributed by atoms with Gasteiger partial charge in [0.05, 0.1) is 5.92 Å². The molecule has 1 atom stereocenters. The molecule has 7 nitrogen and oxygen atoms in total. The Hall–Kier alpha value is -4.91. The Balaban J connectivity index is 1.69. The highest BCUT2D eigenvalue weighted by atomic mass is 16.2. The van der Waals surface area contributed by atoms with Crippen molar-refractivity contribution in [3.63, 3.8) is 0 Å². The molecule has 5 N–H and O–H groups in total. The van der Waals surface area contributed by atoms with E-state index in [0.29, 0.717) is 17.8 Å². The SMILES string of the molecule is CN(Cc1ccccc1)C(=O)[C@H](NC(=O)C(c1ccccc1)c1ccccc1)c1cccc(NC(=N)N)c1. The van der Waals surface area contributed by atoms with Crippen LogP contribution in [-0.2, 0) is 16.1 Å². The van der Waals surface area contributed by atoms with E-state index < -0.39 is 12.0 Å². The minimum Gasteiger partial charge on any atom is -0.370 e. The van der Waals surface area contributed by atoms with Crippen molar-refractivity contribution in [2.75, 3.05) is 12.4 Å². The number of anilines is 1. The predicted octanol–water partition coefficient (Wildman–Crippen LogP) is 4.64. The molecule has 4 aromatic carbocycles. The molecule has 0 aliphatic heterocycles. The second kappa shape index (κ2) is 12.4. The van der Waals surface area contributed by atoms with Gasteiger partial charge in [0.25, 0.3) is 0 Å². The summed E-state index contributed by atoms with van der Waals surface area (Å²) in [4.78, 5) is 29.4. The van der Waals surface area contributed by atoms with E-state index in [1.807, 2.05) is 91.0 Å². The molecule has 0 unspecified atom stereocenters. The van der Waals surface area contributed by atoms with Crippen molar-refractivity contribution in [2.45, 2.75) is 18.5 Å². The average Bonchev–Trinajstić information content (AvgIpc) is 2.93. The molecule has 192 valence electrons. The largest absolute Gasteiger partial charge is 0.370 e. The summed E-state index contributed by atoms with van der Waals surface area (Å²) < 4.78 is 0. The molecule has 7 heteroatoms. The fourth-order valence-corrected chi connectivity index (χ4v) is 4.41. The number of rotatable bonds is 9. The van der Waals surface area contributed by atoms with Crippen LogP contribution < -0.4 is 16.4 Å². The maximum atomic E-state index is 13.9. The molecule has 0 radical (unpaired) electrons.